The zero-order valence-electron chi connectivity index (χ0n) is 14.8. The number of carbonyl (C=O) groups excluding carboxylic acids is 1. The van der Waals surface area contributed by atoms with Gasteiger partial charge in [-0.25, -0.2) is 4.52 Å². The lowest BCUT2D eigenvalue weighted by molar-refractivity contribution is -0.117. The van der Waals surface area contributed by atoms with Crippen LogP contribution in [0.15, 0.2) is 48.7 Å². The van der Waals surface area contributed by atoms with Gasteiger partial charge in [0.1, 0.15) is 11.8 Å². The first-order valence-electron chi connectivity index (χ1n) is 8.68. The van der Waals surface area contributed by atoms with Gasteiger partial charge in [0.2, 0.25) is 5.91 Å². The number of hydrogen-bond acceptors (Lipinski definition) is 4. The van der Waals surface area contributed by atoms with Crippen LogP contribution in [0.4, 0.5) is 11.4 Å². The Kier molecular flexibility index (Phi) is 4.34. The maximum Gasteiger partial charge on any atom is 0.233 e. The van der Waals surface area contributed by atoms with E-state index in [4.69, 9.17) is 12.2 Å². The first kappa shape index (κ1) is 17.2. The van der Waals surface area contributed by atoms with Crippen LogP contribution in [0, 0.1) is 18.3 Å². The molecule has 1 aliphatic heterocycles. The Morgan fingerprint density at radius 3 is 2.67 bits per heavy atom. The topological polar surface area (TPSA) is 64.6 Å². The molecule has 1 saturated heterocycles. The Morgan fingerprint density at radius 2 is 1.93 bits per heavy atom. The van der Waals surface area contributed by atoms with Gasteiger partial charge in [-0.1, -0.05) is 17.7 Å². The number of amides is 1. The summed E-state index contributed by atoms with van der Waals surface area (Å²) in [5, 5.41) is 13.9. The highest BCUT2D eigenvalue weighted by Gasteiger charge is 2.30. The molecule has 4 rings (SSSR count). The quantitative estimate of drug-likeness (QED) is 0.642. The minimum atomic E-state index is -0.0533. The Bertz CT molecular complexity index is 1080. The van der Waals surface area contributed by atoms with Gasteiger partial charge in [-0.05, 0) is 55.9 Å². The molecule has 1 amide bonds. The third kappa shape index (κ3) is 2.94. The van der Waals surface area contributed by atoms with Gasteiger partial charge < -0.3 is 4.90 Å². The molecule has 134 valence electrons. The Hall–Kier alpha value is -3.24. The van der Waals surface area contributed by atoms with Gasteiger partial charge >= 0.3 is 0 Å². The first-order valence-corrected chi connectivity index (χ1v) is 9.09. The van der Waals surface area contributed by atoms with Crippen molar-refractivity contribution in [3.63, 3.8) is 0 Å². The van der Waals surface area contributed by atoms with Gasteiger partial charge in [-0.15, -0.1) is 0 Å². The highest BCUT2D eigenvalue weighted by molar-refractivity contribution is 7.81. The number of anilines is 2. The molecular weight excluding hydrogens is 358 g/mol. The van der Waals surface area contributed by atoms with Crippen molar-refractivity contribution in [1.82, 2.24) is 9.61 Å². The number of hydrogen-bond donors (Lipinski definition) is 0. The summed E-state index contributed by atoms with van der Waals surface area (Å²) in [5.74, 6) is -0.0533. The van der Waals surface area contributed by atoms with Crippen molar-refractivity contribution in [2.45, 2.75) is 19.8 Å². The van der Waals surface area contributed by atoms with E-state index < -0.39 is 0 Å². The van der Waals surface area contributed by atoms with Crippen LogP contribution in [-0.2, 0) is 4.79 Å². The number of thiocarbonyl (C=S) groups is 1. The summed E-state index contributed by atoms with van der Waals surface area (Å²) in [4.78, 5) is 16.5. The molecule has 0 atom stereocenters. The number of rotatable bonds is 2. The summed E-state index contributed by atoms with van der Waals surface area (Å²) in [6.45, 7) is 2.71. The van der Waals surface area contributed by atoms with Crippen molar-refractivity contribution in [3.05, 3.63) is 59.9 Å². The van der Waals surface area contributed by atoms with Crippen molar-refractivity contribution < 1.29 is 4.79 Å². The van der Waals surface area contributed by atoms with Crippen molar-refractivity contribution >= 4 is 40.1 Å². The number of aryl methyl sites for hydroxylation is 1. The van der Waals surface area contributed by atoms with E-state index in [9.17, 15) is 10.1 Å². The van der Waals surface area contributed by atoms with E-state index in [1.165, 1.54) is 10.1 Å². The maximum absolute atomic E-state index is 12.9. The number of nitrogens with zero attached hydrogens (tertiary/aromatic N) is 5. The standard InChI is InChI=1S/C20H17N5OS/c1-14-4-6-15(7-5-14)23-12-2-3-19(26)24(20(23)27)17-9-8-16(13-21)25-18(17)10-11-22-25/h4-11H,2-3,12H2,1H3. The van der Waals surface area contributed by atoms with Gasteiger partial charge in [0, 0.05) is 18.7 Å². The Labute approximate surface area is 162 Å². The molecule has 0 N–H and O–H groups in total. The van der Waals surface area contributed by atoms with Gasteiger partial charge in [-0.3, -0.25) is 9.69 Å². The van der Waals surface area contributed by atoms with Gasteiger partial charge in [-0.2, -0.15) is 10.4 Å². The molecule has 6 nitrogen and oxygen atoms in total. The highest BCUT2D eigenvalue weighted by Crippen LogP contribution is 2.29. The van der Waals surface area contributed by atoms with Crippen molar-refractivity contribution in [2.24, 2.45) is 0 Å². The van der Waals surface area contributed by atoms with Crippen LogP contribution in [0.5, 0.6) is 0 Å². The van der Waals surface area contributed by atoms with E-state index in [0.29, 0.717) is 35.0 Å². The van der Waals surface area contributed by atoms with Crippen molar-refractivity contribution in [3.8, 4) is 6.07 Å². The fourth-order valence-corrected chi connectivity index (χ4v) is 3.70. The average molecular weight is 375 g/mol. The number of nitriles is 1. The average Bonchev–Trinajstić information content (AvgIpc) is 3.11. The summed E-state index contributed by atoms with van der Waals surface area (Å²) in [6, 6.07) is 15.4. The summed E-state index contributed by atoms with van der Waals surface area (Å²) >= 11 is 5.74. The maximum atomic E-state index is 12.9. The molecule has 0 aliphatic carbocycles. The molecule has 0 spiro atoms. The van der Waals surface area contributed by atoms with Gasteiger partial charge in [0.15, 0.2) is 5.11 Å². The molecule has 3 heterocycles. The molecular formula is C20H17N5OS. The number of fused-ring (bicyclic) bond motifs is 1. The number of aromatic nitrogens is 2. The molecule has 1 fully saturated rings. The molecule has 7 heteroatoms. The third-order valence-corrected chi connectivity index (χ3v) is 5.08. The number of benzene rings is 1. The molecule has 3 aromatic rings. The summed E-state index contributed by atoms with van der Waals surface area (Å²) in [5.41, 5.74) is 3.85. The normalized spacial score (nSPS) is 15.1. The highest BCUT2D eigenvalue weighted by atomic mass is 32.1. The van der Waals surface area contributed by atoms with Crippen LogP contribution in [0.2, 0.25) is 0 Å². The second-order valence-corrected chi connectivity index (χ2v) is 6.81. The van der Waals surface area contributed by atoms with Gasteiger partial charge in [0.25, 0.3) is 0 Å². The third-order valence-electron chi connectivity index (χ3n) is 4.68. The summed E-state index contributed by atoms with van der Waals surface area (Å²) in [7, 11) is 0. The predicted octanol–water partition coefficient (Wildman–Crippen LogP) is 3.43. The molecule has 1 aromatic carbocycles. The van der Waals surface area contributed by atoms with Gasteiger partial charge in [0.05, 0.1) is 17.4 Å². The molecule has 0 radical (unpaired) electrons. The van der Waals surface area contributed by atoms with Crippen LogP contribution in [0.3, 0.4) is 0 Å². The van der Waals surface area contributed by atoms with E-state index in [0.717, 1.165) is 12.1 Å². The molecule has 0 saturated carbocycles. The molecule has 27 heavy (non-hydrogen) atoms. The van der Waals surface area contributed by atoms with E-state index in [1.54, 1.807) is 29.3 Å². The van der Waals surface area contributed by atoms with Crippen LogP contribution in [0.1, 0.15) is 24.1 Å². The monoisotopic (exact) mass is 375 g/mol. The number of pyridine rings is 1. The SMILES string of the molecule is Cc1ccc(N2CCCC(=O)N(c3ccc(C#N)n4nccc34)C2=S)cc1. The zero-order valence-corrected chi connectivity index (χ0v) is 15.6. The van der Waals surface area contributed by atoms with E-state index in [1.807, 2.05) is 36.1 Å². The van der Waals surface area contributed by atoms with Crippen molar-refractivity contribution in [1.29, 1.82) is 5.26 Å². The predicted molar refractivity (Wildman–Crippen MR) is 108 cm³/mol. The van der Waals surface area contributed by atoms with Crippen molar-refractivity contribution in [2.75, 3.05) is 16.3 Å². The fourth-order valence-electron chi connectivity index (χ4n) is 3.30. The lowest BCUT2D eigenvalue weighted by Gasteiger charge is -2.30. The Balaban J connectivity index is 1.82. The lowest BCUT2D eigenvalue weighted by Crippen LogP contribution is -2.44. The lowest BCUT2D eigenvalue weighted by atomic mass is 10.2. The number of carbonyl (C=O) groups is 1. The molecule has 0 unspecified atom stereocenters. The van der Waals surface area contributed by atoms with Crippen LogP contribution in [-0.4, -0.2) is 27.2 Å². The largest absolute Gasteiger partial charge is 0.318 e. The van der Waals surface area contributed by atoms with E-state index >= 15 is 0 Å². The summed E-state index contributed by atoms with van der Waals surface area (Å²) in [6.07, 6.45) is 2.74. The Morgan fingerprint density at radius 1 is 1.15 bits per heavy atom. The smallest absolute Gasteiger partial charge is 0.233 e. The second kappa shape index (κ2) is 6.82. The zero-order chi connectivity index (χ0) is 19.0. The molecule has 1 aliphatic rings. The second-order valence-electron chi connectivity index (χ2n) is 6.45. The van der Waals surface area contributed by atoms with Crippen LogP contribution < -0.4 is 9.80 Å². The minimum Gasteiger partial charge on any atom is -0.318 e. The summed E-state index contributed by atoms with van der Waals surface area (Å²) < 4.78 is 1.53. The van der Waals surface area contributed by atoms with Crippen LogP contribution >= 0.6 is 12.2 Å². The van der Waals surface area contributed by atoms with E-state index in [2.05, 4.69) is 11.2 Å². The molecule has 0 bridgehead atoms. The fraction of sp³-hybridized carbons (Fsp3) is 0.200. The van der Waals surface area contributed by atoms with E-state index in [-0.39, 0.29) is 5.91 Å². The minimum absolute atomic E-state index is 0.0533. The molecule has 2 aromatic heterocycles. The van der Waals surface area contributed by atoms with Crippen LogP contribution in [0.25, 0.3) is 5.52 Å². The first-order chi connectivity index (χ1) is 13.1.